The molecule has 0 bridgehead atoms. The molecule has 0 unspecified atom stereocenters. The molecule has 1 heterocycles. The third kappa shape index (κ3) is 3.74. The van der Waals surface area contributed by atoms with Crippen LogP contribution in [0.4, 0.5) is 4.39 Å². The number of methoxy groups -OCH3 is 1. The molecule has 0 spiro atoms. The van der Waals surface area contributed by atoms with Crippen LogP contribution in [0.5, 0.6) is 5.75 Å². The average molecular weight is 369 g/mol. The third-order valence-corrected chi connectivity index (χ3v) is 6.40. The van der Waals surface area contributed by atoms with E-state index in [1.807, 2.05) is 18.2 Å². The predicted molar refractivity (Wildman–Crippen MR) is 104 cm³/mol. The van der Waals surface area contributed by atoms with Crippen molar-refractivity contribution in [2.45, 2.75) is 50.3 Å². The fraction of sp³-hybridized carbons (Fsp3) is 0.478. The van der Waals surface area contributed by atoms with Crippen molar-refractivity contribution in [2.75, 3.05) is 13.7 Å². The molecule has 1 saturated carbocycles. The number of ether oxygens (including phenoxy) is 1. The molecule has 1 aliphatic carbocycles. The summed E-state index contributed by atoms with van der Waals surface area (Å²) < 4.78 is 19.0. The van der Waals surface area contributed by atoms with Crippen LogP contribution in [0.15, 0.2) is 48.5 Å². The lowest BCUT2D eigenvalue weighted by Gasteiger charge is -2.52. The second kappa shape index (κ2) is 7.61. The molecule has 1 N–H and O–H groups in total. The van der Waals surface area contributed by atoms with Gasteiger partial charge in [0.25, 0.3) is 0 Å². The smallest absolute Gasteiger partial charge is 0.123 e. The highest BCUT2D eigenvalue weighted by Gasteiger charge is 2.48. The SMILES string of the molecule is COc1ccc([C@@H]2[C@@H]3CCCC[C@]3(O)CCN2Cc2cccc(F)c2)cc1. The van der Waals surface area contributed by atoms with Crippen LogP contribution < -0.4 is 4.74 Å². The molecule has 0 aromatic heterocycles. The van der Waals surface area contributed by atoms with Gasteiger partial charge in [0.05, 0.1) is 12.7 Å². The fourth-order valence-electron chi connectivity index (χ4n) is 5.03. The monoisotopic (exact) mass is 369 g/mol. The highest BCUT2D eigenvalue weighted by Crippen LogP contribution is 2.49. The summed E-state index contributed by atoms with van der Waals surface area (Å²) in [7, 11) is 1.67. The Morgan fingerprint density at radius 3 is 2.70 bits per heavy atom. The second-order valence-corrected chi connectivity index (χ2v) is 8.02. The first-order valence-electron chi connectivity index (χ1n) is 9.94. The zero-order valence-electron chi connectivity index (χ0n) is 15.9. The normalized spacial score (nSPS) is 28.6. The van der Waals surface area contributed by atoms with Gasteiger partial charge in [0, 0.05) is 25.0 Å². The second-order valence-electron chi connectivity index (χ2n) is 8.02. The Labute approximate surface area is 160 Å². The van der Waals surface area contributed by atoms with Gasteiger partial charge in [-0.1, -0.05) is 37.1 Å². The van der Waals surface area contributed by atoms with Crippen LogP contribution in [0.25, 0.3) is 0 Å². The number of nitrogens with zero attached hydrogens (tertiary/aromatic N) is 1. The van der Waals surface area contributed by atoms with Crippen molar-refractivity contribution < 1.29 is 14.2 Å². The number of hydrogen-bond donors (Lipinski definition) is 1. The van der Waals surface area contributed by atoms with E-state index in [2.05, 4.69) is 17.0 Å². The maximum atomic E-state index is 13.7. The van der Waals surface area contributed by atoms with Gasteiger partial charge in [-0.05, 0) is 54.7 Å². The van der Waals surface area contributed by atoms with Crippen LogP contribution in [0.1, 0.15) is 49.3 Å². The first kappa shape index (κ1) is 18.5. The van der Waals surface area contributed by atoms with Gasteiger partial charge in [-0.2, -0.15) is 0 Å². The standard InChI is InChI=1S/C23H28FNO2/c1-27-20-10-8-18(9-11-20)22-21-7-2-3-12-23(21,26)13-14-25(22)16-17-5-4-6-19(24)15-17/h4-6,8-11,15,21-22,26H,2-3,7,12-14,16H2,1H3/t21-,22+,23-/m0/s1. The summed E-state index contributed by atoms with van der Waals surface area (Å²) in [4.78, 5) is 2.42. The minimum atomic E-state index is -0.582. The Morgan fingerprint density at radius 2 is 1.96 bits per heavy atom. The lowest BCUT2D eigenvalue weighted by atomic mass is 9.66. The first-order valence-corrected chi connectivity index (χ1v) is 9.94. The van der Waals surface area contributed by atoms with Crippen LogP contribution in [0.2, 0.25) is 0 Å². The molecule has 2 aromatic rings. The maximum absolute atomic E-state index is 13.7. The highest BCUT2D eigenvalue weighted by molar-refractivity contribution is 5.31. The predicted octanol–water partition coefficient (Wildman–Crippen LogP) is 4.70. The summed E-state index contributed by atoms with van der Waals surface area (Å²) in [6, 6.07) is 15.2. The summed E-state index contributed by atoms with van der Waals surface area (Å²) in [6.07, 6.45) is 4.98. The lowest BCUT2D eigenvalue weighted by molar-refractivity contribution is -0.126. The summed E-state index contributed by atoms with van der Waals surface area (Å²) in [6.45, 7) is 1.52. The minimum absolute atomic E-state index is 0.137. The van der Waals surface area contributed by atoms with Crippen molar-refractivity contribution in [2.24, 2.45) is 5.92 Å². The van der Waals surface area contributed by atoms with Crippen molar-refractivity contribution in [1.29, 1.82) is 0 Å². The van der Waals surface area contributed by atoms with Crippen LogP contribution >= 0.6 is 0 Å². The van der Waals surface area contributed by atoms with Gasteiger partial charge in [0.1, 0.15) is 11.6 Å². The van der Waals surface area contributed by atoms with E-state index in [4.69, 9.17) is 4.74 Å². The number of hydrogen-bond acceptors (Lipinski definition) is 3. The van der Waals surface area contributed by atoms with Gasteiger partial charge in [-0.25, -0.2) is 4.39 Å². The summed E-state index contributed by atoms with van der Waals surface area (Å²) in [5.41, 5.74) is 1.60. The van der Waals surface area contributed by atoms with Crippen molar-refractivity contribution in [3.05, 3.63) is 65.5 Å². The first-order chi connectivity index (χ1) is 13.1. The molecular weight excluding hydrogens is 341 g/mol. The topological polar surface area (TPSA) is 32.7 Å². The van der Waals surface area contributed by atoms with Crippen molar-refractivity contribution >= 4 is 0 Å². The van der Waals surface area contributed by atoms with Crippen LogP contribution in [0, 0.1) is 11.7 Å². The molecule has 0 radical (unpaired) electrons. The van der Waals surface area contributed by atoms with E-state index in [-0.39, 0.29) is 17.8 Å². The molecule has 0 amide bonds. The summed E-state index contributed by atoms with van der Waals surface area (Å²) in [5.74, 6) is 0.853. The summed E-state index contributed by atoms with van der Waals surface area (Å²) >= 11 is 0. The van der Waals surface area contributed by atoms with Gasteiger partial charge in [0.15, 0.2) is 0 Å². The molecule has 27 heavy (non-hydrogen) atoms. The molecule has 2 fully saturated rings. The Morgan fingerprint density at radius 1 is 1.15 bits per heavy atom. The minimum Gasteiger partial charge on any atom is -0.497 e. The van der Waals surface area contributed by atoms with Crippen molar-refractivity contribution in [1.82, 2.24) is 4.90 Å². The molecule has 1 saturated heterocycles. The molecule has 4 rings (SSSR count). The molecule has 2 aliphatic rings. The van der Waals surface area contributed by atoms with Crippen LogP contribution in [0.3, 0.4) is 0 Å². The highest BCUT2D eigenvalue weighted by atomic mass is 19.1. The molecular formula is C23H28FNO2. The van der Waals surface area contributed by atoms with Gasteiger partial charge < -0.3 is 9.84 Å². The Hall–Kier alpha value is -1.91. The van der Waals surface area contributed by atoms with Crippen LogP contribution in [-0.2, 0) is 6.54 Å². The molecule has 1 aliphatic heterocycles. The Balaban J connectivity index is 1.67. The number of benzene rings is 2. The number of halogens is 1. The average Bonchev–Trinajstić information content (AvgIpc) is 2.68. The Bertz CT molecular complexity index is 778. The molecule has 144 valence electrons. The molecule has 4 heteroatoms. The molecule has 3 atom stereocenters. The van der Waals surface area contributed by atoms with Crippen LogP contribution in [-0.4, -0.2) is 29.3 Å². The van der Waals surface area contributed by atoms with Gasteiger partial charge in [-0.3, -0.25) is 4.90 Å². The van der Waals surface area contributed by atoms with Gasteiger partial charge in [0.2, 0.25) is 0 Å². The number of rotatable bonds is 4. The fourth-order valence-corrected chi connectivity index (χ4v) is 5.03. The van der Waals surface area contributed by atoms with Gasteiger partial charge in [-0.15, -0.1) is 0 Å². The number of piperidine rings is 1. The number of aliphatic hydroxyl groups is 1. The zero-order chi connectivity index (χ0) is 18.9. The van der Waals surface area contributed by atoms with E-state index in [0.717, 1.165) is 50.0 Å². The third-order valence-electron chi connectivity index (χ3n) is 6.40. The van der Waals surface area contributed by atoms with E-state index in [1.165, 1.54) is 11.6 Å². The zero-order valence-corrected chi connectivity index (χ0v) is 15.9. The quantitative estimate of drug-likeness (QED) is 0.848. The van der Waals surface area contributed by atoms with E-state index >= 15 is 0 Å². The lowest BCUT2D eigenvalue weighted by Crippen LogP contribution is -2.54. The van der Waals surface area contributed by atoms with Crippen molar-refractivity contribution in [3.8, 4) is 5.75 Å². The largest absolute Gasteiger partial charge is 0.497 e. The van der Waals surface area contributed by atoms with Gasteiger partial charge >= 0.3 is 0 Å². The van der Waals surface area contributed by atoms with E-state index in [1.54, 1.807) is 19.2 Å². The number of fused-ring (bicyclic) bond motifs is 1. The van der Waals surface area contributed by atoms with Crippen molar-refractivity contribution in [3.63, 3.8) is 0 Å². The van der Waals surface area contributed by atoms with E-state index < -0.39 is 5.60 Å². The number of likely N-dealkylation sites (tertiary alicyclic amines) is 1. The molecule has 2 aromatic carbocycles. The van der Waals surface area contributed by atoms with E-state index in [0.29, 0.717) is 6.54 Å². The Kier molecular flexibility index (Phi) is 5.20. The maximum Gasteiger partial charge on any atom is 0.123 e. The molecule has 3 nitrogen and oxygen atoms in total. The van der Waals surface area contributed by atoms with E-state index in [9.17, 15) is 9.50 Å². The summed E-state index contributed by atoms with van der Waals surface area (Å²) in [5, 5.41) is 11.3.